The molecule has 2 saturated heterocycles. The predicted molar refractivity (Wildman–Crippen MR) is 132 cm³/mol. The van der Waals surface area contributed by atoms with Crippen molar-refractivity contribution in [2.45, 2.75) is 38.3 Å². The number of hydrogen-bond acceptors (Lipinski definition) is 5. The molecule has 174 valence electrons. The molecule has 0 saturated carbocycles. The van der Waals surface area contributed by atoms with Crippen LogP contribution in [0.1, 0.15) is 31.2 Å². The molecule has 0 aliphatic carbocycles. The first-order valence-electron chi connectivity index (χ1n) is 11.9. The van der Waals surface area contributed by atoms with Gasteiger partial charge in [0.1, 0.15) is 11.9 Å². The standard InChI is InChI=1S/C25H30BrN5O2/c26-20-6-7-21-19(17-20)18-31-22(8-9-24(31)32)25(33)30(21)12-4-3-11-28-13-15-29(16-14-28)23-5-1-2-10-27-23/h1-2,5-7,10,17,22H,3-4,8-9,11-16,18H2/t22-/m0/s1. The Hall–Kier alpha value is -2.45. The lowest BCUT2D eigenvalue weighted by Crippen LogP contribution is -2.47. The maximum Gasteiger partial charge on any atom is 0.249 e. The largest absolute Gasteiger partial charge is 0.354 e. The van der Waals surface area contributed by atoms with Gasteiger partial charge in [0.15, 0.2) is 0 Å². The van der Waals surface area contributed by atoms with Crippen LogP contribution < -0.4 is 9.80 Å². The van der Waals surface area contributed by atoms with Gasteiger partial charge in [-0.3, -0.25) is 14.5 Å². The van der Waals surface area contributed by atoms with Crippen LogP contribution in [0.4, 0.5) is 11.5 Å². The molecule has 33 heavy (non-hydrogen) atoms. The van der Waals surface area contributed by atoms with Gasteiger partial charge in [0.25, 0.3) is 0 Å². The number of amides is 2. The Labute approximate surface area is 203 Å². The van der Waals surface area contributed by atoms with E-state index in [0.717, 1.165) is 67.1 Å². The number of carbonyl (C=O) groups is 2. The third-order valence-electron chi connectivity index (χ3n) is 7.00. The van der Waals surface area contributed by atoms with Gasteiger partial charge in [0.05, 0.1) is 0 Å². The van der Waals surface area contributed by atoms with Crippen molar-refractivity contribution in [2.75, 3.05) is 49.1 Å². The molecule has 3 aliphatic heterocycles. The number of hydrogen-bond donors (Lipinski definition) is 0. The molecule has 2 amide bonds. The molecular formula is C25H30BrN5O2. The van der Waals surface area contributed by atoms with E-state index in [1.165, 1.54) is 0 Å². The van der Waals surface area contributed by atoms with Gasteiger partial charge in [-0.05, 0) is 61.7 Å². The van der Waals surface area contributed by atoms with Crippen molar-refractivity contribution in [3.05, 3.63) is 52.6 Å². The fourth-order valence-corrected chi connectivity index (χ4v) is 5.60. The minimum absolute atomic E-state index is 0.0749. The van der Waals surface area contributed by atoms with Crippen molar-refractivity contribution in [2.24, 2.45) is 0 Å². The van der Waals surface area contributed by atoms with Gasteiger partial charge >= 0.3 is 0 Å². The summed E-state index contributed by atoms with van der Waals surface area (Å²) in [6.07, 6.45) is 4.94. The first-order valence-corrected chi connectivity index (χ1v) is 12.7. The van der Waals surface area contributed by atoms with Crippen LogP contribution in [0.5, 0.6) is 0 Å². The summed E-state index contributed by atoms with van der Waals surface area (Å²) in [4.78, 5) is 38.8. The van der Waals surface area contributed by atoms with Crippen LogP contribution in [-0.4, -0.2) is 71.9 Å². The normalized spacial score (nSPS) is 21.2. The quantitative estimate of drug-likeness (QED) is 0.557. The Morgan fingerprint density at radius 2 is 1.82 bits per heavy atom. The fourth-order valence-electron chi connectivity index (χ4n) is 5.19. The van der Waals surface area contributed by atoms with Crippen molar-refractivity contribution in [3.8, 4) is 0 Å². The lowest BCUT2D eigenvalue weighted by Gasteiger charge is -2.35. The van der Waals surface area contributed by atoms with E-state index >= 15 is 0 Å². The summed E-state index contributed by atoms with van der Waals surface area (Å²) in [5.74, 6) is 1.22. The lowest BCUT2D eigenvalue weighted by atomic mass is 10.1. The molecule has 2 fully saturated rings. The van der Waals surface area contributed by atoms with Crippen LogP contribution in [0.25, 0.3) is 0 Å². The minimum atomic E-state index is -0.316. The van der Waals surface area contributed by atoms with E-state index < -0.39 is 0 Å². The molecule has 8 heteroatoms. The van der Waals surface area contributed by atoms with Gasteiger partial charge in [0.2, 0.25) is 11.8 Å². The molecule has 1 atom stereocenters. The number of rotatable bonds is 6. The zero-order chi connectivity index (χ0) is 22.8. The molecule has 0 bridgehead atoms. The molecule has 5 rings (SSSR count). The van der Waals surface area contributed by atoms with Gasteiger partial charge < -0.3 is 14.7 Å². The van der Waals surface area contributed by atoms with Gasteiger partial charge in [-0.15, -0.1) is 0 Å². The van der Waals surface area contributed by atoms with Crippen LogP contribution in [0, 0.1) is 0 Å². The van der Waals surface area contributed by atoms with Crippen molar-refractivity contribution >= 4 is 39.2 Å². The highest BCUT2D eigenvalue weighted by molar-refractivity contribution is 9.10. The first kappa shape index (κ1) is 22.3. The molecule has 3 aliphatic rings. The Balaban J connectivity index is 1.17. The molecule has 7 nitrogen and oxygen atoms in total. The average molecular weight is 512 g/mol. The summed E-state index contributed by atoms with van der Waals surface area (Å²) >= 11 is 3.55. The molecule has 0 N–H and O–H groups in total. The van der Waals surface area contributed by atoms with E-state index in [2.05, 4.69) is 36.8 Å². The maximum atomic E-state index is 13.4. The van der Waals surface area contributed by atoms with E-state index in [-0.39, 0.29) is 17.9 Å². The highest BCUT2D eigenvalue weighted by Crippen LogP contribution is 2.34. The summed E-state index contributed by atoms with van der Waals surface area (Å²) in [5, 5.41) is 0. The minimum Gasteiger partial charge on any atom is -0.354 e. The second kappa shape index (κ2) is 9.81. The number of anilines is 2. The summed E-state index contributed by atoms with van der Waals surface area (Å²) in [7, 11) is 0. The predicted octanol–water partition coefficient (Wildman–Crippen LogP) is 3.28. The number of halogens is 1. The number of unbranched alkanes of at least 4 members (excludes halogenated alkanes) is 1. The second-order valence-electron chi connectivity index (χ2n) is 9.06. The summed E-state index contributed by atoms with van der Waals surface area (Å²) in [5.41, 5.74) is 2.00. The second-order valence-corrected chi connectivity index (χ2v) is 9.98. The van der Waals surface area contributed by atoms with Gasteiger partial charge in [-0.2, -0.15) is 0 Å². The fraction of sp³-hybridized carbons (Fsp3) is 0.480. The van der Waals surface area contributed by atoms with Crippen molar-refractivity contribution in [1.82, 2.24) is 14.8 Å². The van der Waals surface area contributed by atoms with E-state index in [1.807, 2.05) is 41.4 Å². The number of piperazine rings is 1. The zero-order valence-corrected chi connectivity index (χ0v) is 20.4. The highest BCUT2D eigenvalue weighted by Gasteiger charge is 2.41. The van der Waals surface area contributed by atoms with Gasteiger partial charge in [-0.25, -0.2) is 4.98 Å². The molecule has 0 unspecified atom stereocenters. The number of carbonyl (C=O) groups excluding carboxylic acids is 2. The van der Waals surface area contributed by atoms with Crippen molar-refractivity contribution in [1.29, 1.82) is 0 Å². The lowest BCUT2D eigenvalue weighted by molar-refractivity contribution is -0.134. The third kappa shape index (κ3) is 4.77. The molecule has 0 radical (unpaired) electrons. The van der Waals surface area contributed by atoms with Crippen molar-refractivity contribution in [3.63, 3.8) is 0 Å². The molecular weight excluding hydrogens is 482 g/mol. The van der Waals surface area contributed by atoms with E-state index in [4.69, 9.17) is 0 Å². The number of aromatic nitrogens is 1. The Kier molecular flexibility index (Phi) is 6.64. The number of benzene rings is 1. The SMILES string of the molecule is O=C1[C@@H]2CCC(=O)N2Cc2cc(Br)ccc2N1CCCCN1CCN(c2ccccn2)CC1. The van der Waals surface area contributed by atoms with Crippen LogP contribution in [0.3, 0.4) is 0 Å². The third-order valence-corrected chi connectivity index (χ3v) is 7.50. The number of pyridine rings is 1. The Morgan fingerprint density at radius 3 is 2.61 bits per heavy atom. The summed E-state index contributed by atoms with van der Waals surface area (Å²) in [6.45, 7) is 6.32. The van der Waals surface area contributed by atoms with E-state index in [0.29, 0.717) is 25.9 Å². The first-order chi connectivity index (χ1) is 16.1. The topological polar surface area (TPSA) is 60.0 Å². The molecule has 2 aromatic rings. The van der Waals surface area contributed by atoms with Crippen LogP contribution in [-0.2, 0) is 16.1 Å². The molecule has 1 aromatic carbocycles. The Morgan fingerprint density at radius 1 is 1.00 bits per heavy atom. The Bertz CT molecular complexity index is 1010. The van der Waals surface area contributed by atoms with Crippen LogP contribution >= 0.6 is 15.9 Å². The summed E-state index contributed by atoms with van der Waals surface area (Å²) < 4.78 is 0.976. The number of nitrogens with zero attached hydrogens (tertiary/aromatic N) is 5. The average Bonchev–Trinajstić information content (AvgIpc) is 3.15. The monoisotopic (exact) mass is 511 g/mol. The molecule has 4 heterocycles. The molecule has 1 aromatic heterocycles. The maximum absolute atomic E-state index is 13.4. The smallest absolute Gasteiger partial charge is 0.249 e. The van der Waals surface area contributed by atoms with Crippen LogP contribution in [0.2, 0.25) is 0 Å². The van der Waals surface area contributed by atoms with E-state index in [9.17, 15) is 9.59 Å². The highest BCUT2D eigenvalue weighted by atomic mass is 79.9. The zero-order valence-electron chi connectivity index (χ0n) is 18.8. The van der Waals surface area contributed by atoms with Crippen LogP contribution in [0.15, 0.2) is 47.1 Å². The number of fused-ring (bicyclic) bond motifs is 2. The van der Waals surface area contributed by atoms with Gasteiger partial charge in [-0.1, -0.05) is 22.0 Å². The van der Waals surface area contributed by atoms with Crippen molar-refractivity contribution < 1.29 is 9.59 Å². The van der Waals surface area contributed by atoms with E-state index in [1.54, 1.807) is 4.90 Å². The molecule has 0 spiro atoms. The summed E-state index contributed by atoms with van der Waals surface area (Å²) in [6, 6.07) is 11.8. The van der Waals surface area contributed by atoms with Gasteiger partial charge in [0, 0.05) is 62.0 Å².